The summed E-state index contributed by atoms with van der Waals surface area (Å²) in [6.45, 7) is 6.84. The largest absolute Gasteiger partial charge is 0.356 e. The van der Waals surface area contributed by atoms with Crippen LogP contribution in [0.1, 0.15) is 85.9 Å². The van der Waals surface area contributed by atoms with E-state index in [0.29, 0.717) is 11.4 Å². The molecule has 1 aliphatic carbocycles. The number of rotatable bonds is 5. The summed E-state index contributed by atoms with van der Waals surface area (Å²) in [5, 5.41) is 7.69. The lowest BCUT2D eigenvalue weighted by Gasteiger charge is -2.35. The fraction of sp³-hybridized carbons (Fsp3) is 0.708. The molecule has 8 nitrogen and oxygen atoms in total. The zero-order chi connectivity index (χ0) is 22.1. The van der Waals surface area contributed by atoms with E-state index in [1.54, 1.807) is 0 Å². The van der Waals surface area contributed by atoms with Crippen molar-refractivity contribution in [3.63, 3.8) is 0 Å². The Morgan fingerprint density at radius 2 is 1.81 bits per heavy atom. The fourth-order valence-electron chi connectivity index (χ4n) is 5.71. The summed E-state index contributed by atoms with van der Waals surface area (Å²) in [7, 11) is 0. The molecule has 0 radical (unpaired) electrons. The molecule has 5 rings (SSSR count). The molecule has 1 atom stereocenters. The first-order chi connectivity index (χ1) is 15.6. The highest BCUT2D eigenvalue weighted by Crippen LogP contribution is 2.35. The molecular weight excluding hydrogens is 404 g/mol. The van der Waals surface area contributed by atoms with Gasteiger partial charge in [-0.05, 0) is 58.3 Å². The van der Waals surface area contributed by atoms with Crippen molar-refractivity contribution in [1.82, 2.24) is 25.2 Å². The van der Waals surface area contributed by atoms with Crippen LogP contribution in [0.15, 0.2) is 4.63 Å². The average Bonchev–Trinajstić information content (AvgIpc) is 3.44. The monoisotopic (exact) mass is 438 g/mol. The molecule has 2 aliphatic heterocycles. The van der Waals surface area contributed by atoms with Gasteiger partial charge in [0.2, 0.25) is 5.91 Å². The number of hydrogen-bond acceptors (Lipinski definition) is 7. The van der Waals surface area contributed by atoms with E-state index in [9.17, 15) is 4.79 Å². The Morgan fingerprint density at radius 3 is 2.59 bits per heavy atom. The van der Waals surface area contributed by atoms with Crippen LogP contribution >= 0.6 is 0 Å². The molecule has 2 aromatic heterocycles. The van der Waals surface area contributed by atoms with Crippen LogP contribution in [0.25, 0.3) is 0 Å². The maximum Gasteiger partial charge on any atom is 0.229 e. The Bertz CT molecular complexity index is 967. The van der Waals surface area contributed by atoms with Crippen molar-refractivity contribution in [3.05, 3.63) is 28.5 Å². The van der Waals surface area contributed by atoms with Crippen molar-refractivity contribution in [2.75, 3.05) is 24.5 Å². The van der Waals surface area contributed by atoms with E-state index in [4.69, 9.17) is 14.6 Å². The van der Waals surface area contributed by atoms with Gasteiger partial charge < -0.3 is 9.80 Å². The van der Waals surface area contributed by atoms with Gasteiger partial charge >= 0.3 is 0 Å². The molecule has 2 aromatic rings. The molecule has 1 amide bonds. The number of nitrogens with zero attached hydrogens (tertiary/aromatic N) is 6. The second kappa shape index (κ2) is 9.16. The first-order valence-corrected chi connectivity index (χ1v) is 12.3. The van der Waals surface area contributed by atoms with Gasteiger partial charge in [0.15, 0.2) is 5.82 Å². The van der Waals surface area contributed by atoms with E-state index in [0.717, 1.165) is 62.2 Å². The summed E-state index contributed by atoms with van der Waals surface area (Å²) in [5.74, 6) is 2.75. The molecule has 32 heavy (non-hydrogen) atoms. The van der Waals surface area contributed by atoms with Gasteiger partial charge in [-0.2, -0.15) is 0 Å². The molecule has 0 bridgehead atoms. The standard InChI is InChI=1S/C24H34N6O2/c1-16-19-10-6-12-29(15-18-8-4-3-5-9-18)24(19)26-23(25-16)21-11-7-13-30(21)22(31)14-20-17(2)27-32-28-20/h18,21H,3-15H2,1-2H3/t21-/m0/s1. The quantitative estimate of drug-likeness (QED) is 0.703. The first kappa shape index (κ1) is 21.3. The number of carbonyl (C=O) groups excluding carboxylic acids is 1. The lowest BCUT2D eigenvalue weighted by atomic mass is 9.88. The third-order valence-corrected chi connectivity index (χ3v) is 7.50. The highest BCUT2D eigenvalue weighted by Gasteiger charge is 2.34. The topological polar surface area (TPSA) is 88.2 Å². The molecule has 0 unspecified atom stereocenters. The summed E-state index contributed by atoms with van der Waals surface area (Å²) in [5.41, 5.74) is 3.67. The maximum absolute atomic E-state index is 13.1. The Hall–Kier alpha value is -2.51. The van der Waals surface area contributed by atoms with Gasteiger partial charge in [0.1, 0.15) is 17.2 Å². The Kier molecular flexibility index (Phi) is 6.11. The van der Waals surface area contributed by atoms with Crippen LogP contribution in [-0.4, -0.2) is 50.7 Å². The third kappa shape index (κ3) is 4.24. The van der Waals surface area contributed by atoms with Crippen LogP contribution in [0.5, 0.6) is 0 Å². The van der Waals surface area contributed by atoms with Gasteiger partial charge in [0.25, 0.3) is 0 Å². The van der Waals surface area contributed by atoms with Crippen LogP contribution in [-0.2, 0) is 17.6 Å². The molecule has 0 aromatic carbocycles. The average molecular weight is 439 g/mol. The van der Waals surface area contributed by atoms with E-state index in [1.807, 2.05) is 11.8 Å². The lowest BCUT2D eigenvalue weighted by molar-refractivity contribution is -0.131. The Balaban J connectivity index is 1.38. The number of amides is 1. The molecule has 2 fully saturated rings. The second-order valence-corrected chi connectivity index (χ2v) is 9.74. The summed E-state index contributed by atoms with van der Waals surface area (Å²) >= 11 is 0. The van der Waals surface area contributed by atoms with Crippen molar-refractivity contribution in [2.45, 2.75) is 84.1 Å². The number of aryl methyl sites for hydroxylation is 2. The Labute approximate surface area is 189 Å². The summed E-state index contributed by atoms with van der Waals surface area (Å²) < 4.78 is 4.77. The van der Waals surface area contributed by atoms with Crippen molar-refractivity contribution in [3.8, 4) is 0 Å². The number of likely N-dealkylation sites (tertiary alicyclic amines) is 1. The highest BCUT2D eigenvalue weighted by atomic mass is 16.6. The fourth-order valence-corrected chi connectivity index (χ4v) is 5.71. The Morgan fingerprint density at radius 1 is 0.969 bits per heavy atom. The highest BCUT2D eigenvalue weighted by molar-refractivity contribution is 5.79. The number of anilines is 1. The first-order valence-electron chi connectivity index (χ1n) is 12.3. The van der Waals surface area contributed by atoms with Crippen LogP contribution in [0.2, 0.25) is 0 Å². The van der Waals surface area contributed by atoms with Gasteiger partial charge in [-0.15, -0.1) is 0 Å². The minimum atomic E-state index is -0.0647. The minimum Gasteiger partial charge on any atom is -0.356 e. The van der Waals surface area contributed by atoms with Gasteiger partial charge in [-0.1, -0.05) is 29.6 Å². The number of aromatic nitrogens is 4. The second-order valence-electron chi connectivity index (χ2n) is 9.74. The van der Waals surface area contributed by atoms with Crippen molar-refractivity contribution < 1.29 is 9.42 Å². The smallest absolute Gasteiger partial charge is 0.229 e. The summed E-state index contributed by atoms with van der Waals surface area (Å²) in [6.07, 6.45) is 11.1. The van der Waals surface area contributed by atoms with E-state index in [2.05, 4.69) is 22.1 Å². The maximum atomic E-state index is 13.1. The molecule has 172 valence electrons. The molecular formula is C24H34N6O2. The van der Waals surface area contributed by atoms with E-state index in [1.165, 1.54) is 44.1 Å². The summed E-state index contributed by atoms with van der Waals surface area (Å²) in [4.78, 5) is 27.6. The minimum absolute atomic E-state index is 0.0457. The number of fused-ring (bicyclic) bond motifs is 1. The third-order valence-electron chi connectivity index (χ3n) is 7.50. The van der Waals surface area contributed by atoms with Crippen LogP contribution in [0.4, 0.5) is 5.82 Å². The molecule has 1 saturated carbocycles. The predicted octanol–water partition coefficient (Wildman–Crippen LogP) is 3.72. The van der Waals surface area contributed by atoms with Gasteiger partial charge in [0, 0.05) is 30.9 Å². The van der Waals surface area contributed by atoms with E-state index < -0.39 is 0 Å². The van der Waals surface area contributed by atoms with Crippen molar-refractivity contribution in [2.24, 2.45) is 5.92 Å². The number of carbonyl (C=O) groups is 1. The van der Waals surface area contributed by atoms with Crippen LogP contribution in [0, 0.1) is 19.8 Å². The molecule has 4 heterocycles. The predicted molar refractivity (Wildman–Crippen MR) is 120 cm³/mol. The van der Waals surface area contributed by atoms with Gasteiger partial charge in [-0.3, -0.25) is 4.79 Å². The molecule has 3 aliphatic rings. The SMILES string of the molecule is Cc1nonc1CC(=O)N1CCC[C@H]1c1nc(C)c2c(n1)N(CC1CCCCC1)CCC2. The normalized spacial score (nSPS) is 21.8. The molecule has 1 saturated heterocycles. The lowest BCUT2D eigenvalue weighted by Crippen LogP contribution is -2.37. The van der Waals surface area contributed by atoms with Crippen molar-refractivity contribution >= 4 is 11.7 Å². The van der Waals surface area contributed by atoms with Crippen LogP contribution < -0.4 is 4.90 Å². The summed E-state index contributed by atoms with van der Waals surface area (Å²) in [6, 6.07) is -0.0647. The number of hydrogen-bond donors (Lipinski definition) is 0. The molecule has 0 spiro atoms. The zero-order valence-electron chi connectivity index (χ0n) is 19.3. The van der Waals surface area contributed by atoms with E-state index in [-0.39, 0.29) is 18.4 Å². The zero-order valence-corrected chi connectivity index (χ0v) is 19.3. The van der Waals surface area contributed by atoms with Gasteiger partial charge in [0.05, 0.1) is 12.5 Å². The molecule has 0 N–H and O–H groups in total. The molecule has 8 heteroatoms. The van der Waals surface area contributed by atoms with Crippen molar-refractivity contribution in [1.29, 1.82) is 0 Å². The van der Waals surface area contributed by atoms with E-state index >= 15 is 0 Å². The van der Waals surface area contributed by atoms with Crippen LogP contribution in [0.3, 0.4) is 0 Å². The van der Waals surface area contributed by atoms with Gasteiger partial charge in [-0.25, -0.2) is 14.6 Å².